The summed E-state index contributed by atoms with van der Waals surface area (Å²) in [7, 11) is 5.04. The summed E-state index contributed by atoms with van der Waals surface area (Å²) in [6.07, 6.45) is 1.69. The average molecular weight is 257 g/mol. The van der Waals surface area contributed by atoms with Crippen LogP contribution in [0.2, 0.25) is 0 Å². The Labute approximate surface area is 112 Å². The molecule has 1 heterocycles. The zero-order valence-electron chi connectivity index (χ0n) is 11.5. The Kier molecular flexibility index (Phi) is 3.65. The molecule has 0 spiro atoms. The number of aromatic nitrogens is 1. The number of hydrogen-bond acceptors (Lipinski definition) is 3. The minimum Gasteiger partial charge on any atom is -0.496 e. The van der Waals surface area contributed by atoms with Gasteiger partial charge in [-0.1, -0.05) is 6.07 Å². The molecule has 0 aliphatic rings. The Morgan fingerprint density at radius 3 is 2.11 bits per heavy atom. The Morgan fingerprint density at radius 2 is 1.63 bits per heavy atom. The lowest BCUT2D eigenvalue weighted by molar-refractivity contribution is 0.389. The van der Waals surface area contributed by atoms with Crippen molar-refractivity contribution >= 4 is 13.3 Å². The van der Waals surface area contributed by atoms with Gasteiger partial charge < -0.3 is 14.5 Å². The van der Waals surface area contributed by atoms with Gasteiger partial charge in [0.2, 0.25) is 5.56 Å². The van der Waals surface area contributed by atoms with Gasteiger partial charge in [-0.25, -0.2) is 0 Å². The van der Waals surface area contributed by atoms with Gasteiger partial charge in [-0.3, -0.25) is 4.79 Å². The van der Waals surface area contributed by atoms with Gasteiger partial charge in [0, 0.05) is 11.8 Å². The Hall–Kier alpha value is -2.17. The maximum absolute atomic E-state index is 11.4. The number of benzene rings is 1. The second-order valence-electron chi connectivity index (χ2n) is 4.41. The third-order valence-electron chi connectivity index (χ3n) is 3.17. The standard InChI is InChI=1S/C14H16BNO3/c1-8-12(18-2)5-9(6-13(8)19-3)10-4-11(15)14(17)16-7-10/h4-7H,15H2,1-3H3,(H,16,17). The topological polar surface area (TPSA) is 51.3 Å². The molecule has 0 bridgehead atoms. The van der Waals surface area contributed by atoms with E-state index in [0.29, 0.717) is 5.46 Å². The summed E-state index contributed by atoms with van der Waals surface area (Å²) in [6, 6.07) is 5.72. The molecule has 0 amide bonds. The van der Waals surface area contributed by atoms with E-state index in [4.69, 9.17) is 9.47 Å². The average Bonchev–Trinajstić information content (AvgIpc) is 2.42. The molecule has 4 nitrogen and oxygen atoms in total. The summed E-state index contributed by atoms with van der Waals surface area (Å²) < 4.78 is 10.7. The summed E-state index contributed by atoms with van der Waals surface area (Å²) in [5, 5.41) is 0. The van der Waals surface area contributed by atoms with E-state index in [1.54, 1.807) is 28.3 Å². The molecule has 19 heavy (non-hydrogen) atoms. The van der Waals surface area contributed by atoms with E-state index in [1.807, 2.05) is 25.1 Å². The van der Waals surface area contributed by atoms with Crippen LogP contribution < -0.4 is 20.5 Å². The summed E-state index contributed by atoms with van der Waals surface area (Å²) >= 11 is 0. The maximum Gasteiger partial charge on any atom is 0.241 e. The van der Waals surface area contributed by atoms with Crippen LogP contribution in [0, 0.1) is 6.92 Å². The van der Waals surface area contributed by atoms with Crippen molar-refractivity contribution < 1.29 is 9.47 Å². The van der Waals surface area contributed by atoms with Crippen LogP contribution in [0.25, 0.3) is 11.1 Å². The second-order valence-corrected chi connectivity index (χ2v) is 4.41. The van der Waals surface area contributed by atoms with Crippen LogP contribution in [0.1, 0.15) is 5.56 Å². The van der Waals surface area contributed by atoms with Gasteiger partial charge in [-0.2, -0.15) is 0 Å². The van der Waals surface area contributed by atoms with Crippen LogP contribution in [0.4, 0.5) is 0 Å². The highest BCUT2D eigenvalue weighted by Crippen LogP contribution is 2.33. The number of methoxy groups -OCH3 is 2. The van der Waals surface area contributed by atoms with Gasteiger partial charge in [0.25, 0.3) is 0 Å². The minimum absolute atomic E-state index is 0.0743. The first-order valence-electron chi connectivity index (χ1n) is 5.99. The summed E-state index contributed by atoms with van der Waals surface area (Å²) in [6.45, 7) is 1.94. The van der Waals surface area contributed by atoms with E-state index < -0.39 is 0 Å². The molecule has 0 unspecified atom stereocenters. The number of H-pyrrole nitrogens is 1. The number of hydrogen-bond donors (Lipinski definition) is 1. The van der Waals surface area contributed by atoms with Crippen molar-refractivity contribution in [2.45, 2.75) is 6.92 Å². The minimum atomic E-state index is -0.0743. The van der Waals surface area contributed by atoms with Gasteiger partial charge in [0.1, 0.15) is 19.3 Å². The summed E-state index contributed by atoms with van der Waals surface area (Å²) in [4.78, 5) is 14.1. The number of aromatic amines is 1. The van der Waals surface area contributed by atoms with Crippen molar-refractivity contribution in [3.8, 4) is 22.6 Å². The van der Waals surface area contributed by atoms with E-state index in [9.17, 15) is 4.79 Å². The molecule has 1 aromatic carbocycles. The fourth-order valence-corrected chi connectivity index (χ4v) is 2.02. The van der Waals surface area contributed by atoms with Gasteiger partial charge >= 0.3 is 0 Å². The van der Waals surface area contributed by atoms with Gasteiger partial charge in [0.15, 0.2) is 0 Å². The predicted octanol–water partition coefficient (Wildman–Crippen LogP) is 0.626. The first kappa shape index (κ1) is 13.3. The molecular weight excluding hydrogens is 241 g/mol. The molecule has 0 aliphatic carbocycles. The van der Waals surface area contributed by atoms with Crippen molar-refractivity contribution in [3.63, 3.8) is 0 Å². The monoisotopic (exact) mass is 257 g/mol. The molecule has 5 heteroatoms. The van der Waals surface area contributed by atoms with E-state index >= 15 is 0 Å². The smallest absolute Gasteiger partial charge is 0.241 e. The SMILES string of the molecule is Bc1cc(-c2cc(OC)c(C)c(OC)c2)c[nH]c1=O. The van der Waals surface area contributed by atoms with Crippen LogP contribution in [-0.2, 0) is 0 Å². The molecule has 1 N–H and O–H groups in total. The highest BCUT2D eigenvalue weighted by molar-refractivity contribution is 6.32. The largest absolute Gasteiger partial charge is 0.496 e. The van der Waals surface area contributed by atoms with Gasteiger partial charge in [-0.15, -0.1) is 0 Å². The van der Waals surface area contributed by atoms with Crippen LogP contribution in [-0.4, -0.2) is 27.0 Å². The fraction of sp³-hybridized carbons (Fsp3) is 0.214. The fourth-order valence-electron chi connectivity index (χ4n) is 2.02. The quantitative estimate of drug-likeness (QED) is 0.820. The normalized spacial score (nSPS) is 10.3. The molecule has 0 saturated carbocycles. The maximum atomic E-state index is 11.4. The van der Waals surface area contributed by atoms with Crippen molar-refractivity contribution in [2.24, 2.45) is 0 Å². The first-order chi connectivity index (χ1) is 9.06. The van der Waals surface area contributed by atoms with Crippen LogP contribution >= 0.6 is 0 Å². The van der Waals surface area contributed by atoms with Crippen LogP contribution in [0.5, 0.6) is 11.5 Å². The van der Waals surface area contributed by atoms with Crippen LogP contribution in [0.3, 0.4) is 0 Å². The lowest BCUT2D eigenvalue weighted by Gasteiger charge is -2.13. The third kappa shape index (κ3) is 2.50. The van der Waals surface area contributed by atoms with Crippen LogP contribution in [0.15, 0.2) is 29.2 Å². The number of pyridine rings is 1. The number of nitrogens with one attached hydrogen (secondary N) is 1. The second kappa shape index (κ2) is 5.22. The Morgan fingerprint density at radius 1 is 1.05 bits per heavy atom. The lowest BCUT2D eigenvalue weighted by Crippen LogP contribution is -2.26. The van der Waals surface area contributed by atoms with E-state index in [0.717, 1.165) is 28.2 Å². The third-order valence-corrected chi connectivity index (χ3v) is 3.17. The molecule has 98 valence electrons. The molecule has 2 rings (SSSR count). The van der Waals surface area contributed by atoms with Crippen molar-refractivity contribution in [1.82, 2.24) is 4.98 Å². The van der Waals surface area contributed by atoms with E-state index in [2.05, 4.69) is 4.98 Å². The van der Waals surface area contributed by atoms with Crippen molar-refractivity contribution in [3.05, 3.63) is 40.3 Å². The molecule has 0 saturated heterocycles. The predicted molar refractivity (Wildman–Crippen MR) is 78.5 cm³/mol. The van der Waals surface area contributed by atoms with Gasteiger partial charge in [0.05, 0.1) is 14.2 Å². The highest BCUT2D eigenvalue weighted by Gasteiger charge is 2.10. The zero-order valence-corrected chi connectivity index (χ0v) is 11.5. The zero-order chi connectivity index (χ0) is 14.0. The molecular formula is C14H16BNO3. The summed E-state index contributed by atoms with van der Waals surface area (Å²) in [5.74, 6) is 1.52. The number of rotatable bonds is 3. The van der Waals surface area contributed by atoms with Crippen molar-refractivity contribution in [1.29, 1.82) is 0 Å². The molecule has 0 fully saturated rings. The Bertz CT molecular complexity index is 639. The summed E-state index contributed by atoms with van der Waals surface area (Å²) in [5.41, 5.74) is 3.42. The highest BCUT2D eigenvalue weighted by atomic mass is 16.5. The number of ether oxygens (including phenoxy) is 2. The molecule has 0 atom stereocenters. The van der Waals surface area contributed by atoms with Crippen molar-refractivity contribution in [2.75, 3.05) is 14.2 Å². The first-order valence-corrected chi connectivity index (χ1v) is 5.99. The van der Waals surface area contributed by atoms with E-state index in [-0.39, 0.29) is 5.56 Å². The lowest BCUT2D eigenvalue weighted by atomic mass is 9.94. The van der Waals surface area contributed by atoms with Gasteiger partial charge in [-0.05, 0) is 35.6 Å². The molecule has 0 radical (unpaired) electrons. The molecule has 2 aromatic rings. The Balaban J connectivity index is 2.61. The molecule has 0 aliphatic heterocycles. The van der Waals surface area contributed by atoms with E-state index in [1.165, 1.54) is 0 Å². The molecule has 1 aromatic heterocycles.